The summed E-state index contributed by atoms with van der Waals surface area (Å²) >= 11 is 0. The van der Waals surface area contributed by atoms with Gasteiger partial charge in [-0.1, -0.05) is 18.2 Å². The molecule has 0 spiro atoms. The van der Waals surface area contributed by atoms with Crippen molar-refractivity contribution in [2.24, 2.45) is 5.92 Å². The number of carbonyl (C=O) groups excluding carboxylic acids is 2. The maximum absolute atomic E-state index is 12.7. The van der Waals surface area contributed by atoms with Gasteiger partial charge < -0.3 is 20.4 Å². The van der Waals surface area contributed by atoms with Crippen LogP contribution in [-0.4, -0.2) is 56.1 Å². The number of likely N-dealkylation sites (N-methyl/N-ethyl adjacent to an activating group) is 1. The van der Waals surface area contributed by atoms with E-state index in [2.05, 4.69) is 27.7 Å². The standard InChI is InChI=1S/C19H28N4O2/c1-22(16-7-3-2-4-8-16)12-10-20-19(25)23-11-6-5-9-17(23)15-13-18(24)21-14-15/h2-4,7-8,15,17H,5-6,9-14H2,1H3,(H,20,25)(H,21,24)/t15-,17+/m0/s1. The first-order valence-electron chi connectivity index (χ1n) is 9.22. The molecule has 0 radical (unpaired) electrons. The van der Waals surface area contributed by atoms with Crippen molar-refractivity contribution in [1.29, 1.82) is 0 Å². The third-order valence-corrected chi connectivity index (χ3v) is 5.28. The lowest BCUT2D eigenvalue weighted by atomic mass is 9.90. The summed E-state index contributed by atoms with van der Waals surface area (Å²) in [7, 11) is 2.03. The molecule has 2 aliphatic heterocycles. The van der Waals surface area contributed by atoms with E-state index in [1.807, 2.05) is 30.1 Å². The largest absolute Gasteiger partial charge is 0.373 e. The van der Waals surface area contributed by atoms with E-state index in [4.69, 9.17) is 0 Å². The van der Waals surface area contributed by atoms with E-state index in [0.717, 1.165) is 38.0 Å². The molecule has 2 fully saturated rings. The Morgan fingerprint density at radius 1 is 1.32 bits per heavy atom. The lowest BCUT2D eigenvalue weighted by Gasteiger charge is -2.38. The number of nitrogens with one attached hydrogen (secondary N) is 2. The van der Waals surface area contributed by atoms with Crippen LogP contribution in [0.5, 0.6) is 0 Å². The van der Waals surface area contributed by atoms with Crippen molar-refractivity contribution >= 4 is 17.6 Å². The van der Waals surface area contributed by atoms with Crippen LogP contribution in [0.3, 0.4) is 0 Å². The highest BCUT2D eigenvalue weighted by Gasteiger charge is 2.36. The topological polar surface area (TPSA) is 64.7 Å². The van der Waals surface area contributed by atoms with Crippen molar-refractivity contribution < 1.29 is 9.59 Å². The number of likely N-dealkylation sites (tertiary alicyclic amines) is 1. The van der Waals surface area contributed by atoms with E-state index in [9.17, 15) is 9.59 Å². The molecule has 1 aromatic carbocycles. The lowest BCUT2D eigenvalue weighted by molar-refractivity contribution is -0.119. The number of para-hydroxylation sites is 1. The molecule has 0 bridgehead atoms. The van der Waals surface area contributed by atoms with Gasteiger partial charge in [-0.3, -0.25) is 4.79 Å². The van der Waals surface area contributed by atoms with E-state index in [-0.39, 0.29) is 23.9 Å². The first-order chi connectivity index (χ1) is 12.1. The zero-order valence-corrected chi connectivity index (χ0v) is 14.9. The molecular formula is C19H28N4O2. The normalized spacial score (nSPS) is 23.2. The zero-order chi connectivity index (χ0) is 17.6. The van der Waals surface area contributed by atoms with Gasteiger partial charge in [0.05, 0.1) is 0 Å². The van der Waals surface area contributed by atoms with Crippen LogP contribution in [0.25, 0.3) is 0 Å². The van der Waals surface area contributed by atoms with Crippen molar-refractivity contribution in [2.75, 3.05) is 38.1 Å². The highest BCUT2D eigenvalue weighted by molar-refractivity contribution is 5.79. The smallest absolute Gasteiger partial charge is 0.317 e. The van der Waals surface area contributed by atoms with Gasteiger partial charge in [-0.25, -0.2) is 4.79 Å². The quantitative estimate of drug-likeness (QED) is 0.856. The number of urea groups is 1. The Labute approximate surface area is 149 Å². The van der Waals surface area contributed by atoms with Crippen LogP contribution >= 0.6 is 0 Å². The van der Waals surface area contributed by atoms with Gasteiger partial charge in [-0.15, -0.1) is 0 Å². The molecule has 2 N–H and O–H groups in total. The van der Waals surface area contributed by atoms with Gasteiger partial charge in [0.2, 0.25) is 5.91 Å². The minimum Gasteiger partial charge on any atom is -0.373 e. The summed E-state index contributed by atoms with van der Waals surface area (Å²) in [4.78, 5) is 28.3. The molecule has 3 rings (SSSR count). The summed E-state index contributed by atoms with van der Waals surface area (Å²) in [6, 6.07) is 10.3. The van der Waals surface area contributed by atoms with Crippen molar-refractivity contribution in [1.82, 2.24) is 15.5 Å². The number of nitrogens with zero attached hydrogens (tertiary/aromatic N) is 2. The fourth-order valence-corrected chi connectivity index (χ4v) is 3.84. The van der Waals surface area contributed by atoms with E-state index < -0.39 is 0 Å². The van der Waals surface area contributed by atoms with Gasteiger partial charge in [0.25, 0.3) is 0 Å². The van der Waals surface area contributed by atoms with Crippen molar-refractivity contribution in [3.8, 4) is 0 Å². The second kappa shape index (κ2) is 8.23. The van der Waals surface area contributed by atoms with Gasteiger partial charge in [-0.05, 0) is 31.4 Å². The number of hydrogen-bond donors (Lipinski definition) is 2. The highest BCUT2D eigenvalue weighted by Crippen LogP contribution is 2.27. The first-order valence-corrected chi connectivity index (χ1v) is 9.22. The minimum absolute atomic E-state index is 0.00510. The Hall–Kier alpha value is -2.24. The average Bonchev–Trinajstić information content (AvgIpc) is 3.08. The van der Waals surface area contributed by atoms with Crippen LogP contribution < -0.4 is 15.5 Å². The molecule has 3 amide bonds. The molecule has 1 aromatic rings. The second-order valence-electron chi connectivity index (χ2n) is 7.01. The highest BCUT2D eigenvalue weighted by atomic mass is 16.2. The summed E-state index contributed by atoms with van der Waals surface area (Å²) in [5.74, 6) is 0.367. The minimum atomic E-state index is 0.00510. The van der Waals surface area contributed by atoms with Crippen LogP contribution in [0.1, 0.15) is 25.7 Å². The Morgan fingerprint density at radius 3 is 2.84 bits per heavy atom. The van der Waals surface area contributed by atoms with Crippen molar-refractivity contribution in [3.63, 3.8) is 0 Å². The van der Waals surface area contributed by atoms with E-state index in [1.165, 1.54) is 0 Å². The number of piperidine rings is 1. The van der Waals surface area contributed by atoms with Crippen LogP contribution in [0.2, 0.25) is 0 Å². The van der Waals surface area contributed by atoms with E-state index in [0.29, 0.717) is 19.5 Å². The fourth-order valence-electron chi connectivity index (χ4n) is 3.84. The molecule has 25 heavy (non-hydrogen) atoms. The first kappa shape index (κ1) is 17.6. The molecule has 6 heteroatoms. The van der Waals surface area contributed by atoms with Gasteiger partial charge >= 0.3 is 6.03 Å². The monoisotopic (exact) mass is 344 g/mol. The molecule has 136 valence electrons. The third kappa shape index (κ3) is 4.44. The third-order valence-electron chi connectivity index (χ3n) is 5.28. The molecule has 2 aliphatic rings. The Bertz CT molecular complexity index is 592. The zero-order valence-electron chi connectivity index (χ0n) is 14.9. The molecule has 0 aromatic heterocycles. The van der Waals surface area contributed by atoms with E-state index >= 15 is 0 Å². The molecule has 2 saturated heterocycles. The van der Waals surface area contributed by atoms with Crippen molar-refractivity contribution in [2.45, 2.75) is 31.7 Å². The van der Waals surface area contributed by atoms with Gasteiger partial charge in [0.15, 0.2) is 0 Å². The van der Waals surface area contributed by atoms with Crippen LogP contribution in [0.4, 0.5) is 10.5 Å². The second-order valence-corrected chi connectivity index (χ2v) is 7.01. The van der Waals surface area contributed by atoms with E-state index in [1.54, 1.807) is 0 Å². The maximum Gasteiger partial charge on any atom is 0.317 e. The number of amides is 3. The van der Waals surface area contributed by atoms with Gasteiger partial charge in [0, 0.05) is 57.3 Å². The molecule has 6 nitrogen and oxygen atoms in total. The molecule has 0 unspecified atom stereocenters. The molecule has 0 aliphatic carbocycles. The fraction of sp³-hybridized carbons (Fsp3) is 0.579. The van der Waals surface area contributed by atoms with Crippen LogP contribution in [-0.2, 0) is 4.79 Å². The predicted octanol–water partition coefficient (Wildman–Crippen LogP) is 1.82. The maximum atomic E-state index is 12.7. The Morgan fingerprint density at radius 2 is 2.12 bits per heavy atom. The van der Waals surface area contributed by atoms with Crippen molar-refractivity contribution in [3.05, 3.63) is 30.3 Å². The number of carbonyl (C=O) groups is 2. The van der Waals surface area contributed by atoms with Crippen LogP contribution in [0.15, 0.2) is 30.3 Å². The predicted molar refractivity (Wildman–Crippen MR) is 98.6 cm³/mol. The molecular weight excluding hydrogens is 316 g/mol. The number of anilines is 1. The summed E-state index contributed by atoms with van der Waals surface area (Å²) in [6.45, 7) is 2.85. The Kier molecular flexibility index (Phi) is 5.79. The summed E-state index contributed by atoms with van der Waals surface area (Å²) in [5.41, 5.74) is 1.14. The van der Waals surface area contributed by atoms with Crippen LogP contribution in [0, 0.1) is 5.92 Å². The summed E-state index contributed by atoms with van der Waals surface area (Å²) in [6.07, 6.45) is 3.72. The molecule has 2 atom stereocenters. The average molecular weight is 344 g/mol. The van der Waals surface area contributed by atoms with Gasteiger partial charge in [-0.2, -0.15) is 0 Å². The number of rotatable bonds is 5. The summed E-state index contributed by atoms with van der Waals surface area (Å²) < 4.78 is 0. The SMILES string of the molecule is CN(CCNC(=O)N1CCCC[C@@H]1[C@@H]1CNC(=O)C1)c1ccccc1. The molecule has 0 saturated carbocycles. The number of hydrogen-bond acceptors (Lipinski definition) is 3. The molecule has 2 heterocycles. The lowest BCUT2D eigenvalue weighted by Crippen LogP contribution is -2.52. The Balaban J connectivity index is 1.50. The summed E-state index contributed by atoms with van der Waals surface area (Å²) in [5, 5.41) is 5.96. The number of benzene rings is 1. The van der Waals surface area contributed by atoms with Gasteiger partial charge in [0.1, 0.15) is 0 Å².